The number of rotatable bonds is 6. The fraction of sp³-hybridized carbons (Fsp3) is 0.178. The minimum Gasteiger partial charge on any atom is -0.302 e. The summed E-state index contributed by atoms with van der Waals surface area (Å²) in [7, 11) is 0. The Morgan fingerprint density at radius 2 is 1.12 bits per heavy atom. The van der Waals surface area contributed by atoms with Crippen LogP contribution in [0.15, 0.2) is 158 Å². The van der Waals surface area contributed by atoms with Gasteiger partial charge in [-0.3, -0.25) is 4.79 Å². The lowest BCUT2D eigenvalue weighted by Gasteiger charge is -2.52. The van der Waals surface area contributed by atoms with Gasteiger partial charge in [-0.05, 0) is 90.9 Å². The molecule has 1 aliphatic rings. The van der Waals surface area contributed by atoms with Gasteiger partial charge in [-0.2, -0.15) is 0 Å². The highest BCUT2D eigenvalue weighted by atomic mass is 19.1. The molecule has 0 aromatic heterocycles. The minimum atomic E-state index is -0.633. The van der Waals surface area contributed by atoms with Gasteiger partial charge in [0.25, 0.3) is 5.91 Å². The molecule has 1 atom stereocenters. The SMILES string of the molecule is Cc1ccc(C2(C)CC(C)(C)N(C(=O)c3ccc(F)cc3)c3ccc(C(c4ccccc4)(c4ccccc4)c4ccccc4)cc32)cc1. The molecule has 1 amide bonds. The van der Waals surface area contributed by atoms with Crippen molar-refractivity contribution in [2.24, 2.45) is 0 Å². The Hall–Kier alpha value is -5.28. The molecule has 2 nitrogen and oxygen atoms in total. The first-order valence-corrected chi connectivity index (χ1v) is 16.6. The van der Waals surface area contributed by atoms with Crippen molar-refractivity contribution in [2.45, 2.75) is 50.5 Å². The van der Waals surface area contributed by atoms with Crippen molar-refractivity contribution >= 4 is 11.6 Å². The van der Waals surface area contributed by atoms with Gasteiger partial charge in [-0.25, -0.2) is 4.39 Å². The van der Waals surface area contributed by atoms with Crippen LogP contribution < -0.4 is 4.90 Å². The maximum atomic E-state index is 14.4. The lowest BCUT2D eigenvalue weighted by Crippen LogP contribution is -2.56. The van der Waals surface area contributed by atoms with Crippen molar-refractivity contribution in [3.63, 3.8) is 0 Å². The van der Waals surface area contributed by atoms with Crippen LogP contribution >= 0.6 is 0 Å². The van der Waals surface area contributed by atoms with E-state index in [0.29, 0.717) is 12.0 Å². The maximum Gasteiger partial charge on any atom is 0.258 e. The number of anilines is 1. The monoisotopic (exact) mass is 629 g/mol. The number of hydrogen-bond acceptors (Lipinski definition) is 1. The highest BCUT2D eigenvalue weighted by Crippen LogP contribution is 2.54. The van der Waals surface area contributed by atoms with Gasteiger partial charge in [0, 0.05) is 22.2 Å². The van der Waals surface area contributed by atoms with Gasteiger partial charge in [0.15, 0.2) is 0 Å². The third-order valence-electron chi connectivity index (χ3n) is 10.3. The van der Waals surface area contributed by atoms with Gasteiger partial charge < -0.3 is 4.90 Å². The number of halogens is 1. The summed E-state index contributed by atoms with van der Waals surface area (Å²) in [6.07, 6.45) is 0.696. The van der Waals surface area contributed by atoms with Crippen molar-refractivity contribution in [1.82, 2.24) is 0 Å². The van der Waals surface area contributed by atoms with E-state index >= 15 is 0 Å². The van der Waals surface area contributed by atoms with Crippen LogP contribution in [-0.2, 0) is 10.8 Å². The van der Waals surface area contributed by atoms with E-state index in [-0.39, 0.29) is 11.7 Å². The van der Waals surface area contributed by atoms with E-state index in [1.54, 1.807) is 12.1 Å². The molecule has 3 heteroatoms. The summed E-state index contributed by atoms with van der Waals surface area (Å²) in [5.41, 5.74) is 7.84. The molecule has 7 rings (SSSR count). The fourth-order valence-electron chi connectivity index (χ4n) is 8.12. The lowest BCUT2D eigenvalue weighted by molar-refractivity contribution is 0.0948. The molecule has 48 heavy (non-hydrogen) atoms. The Balaban J connectivity index is 1.55. The fourth-order valence-corrected chi connectivity index (χ4v) is 8.12. The number of benzene rings is 6. The number of nitrogens with zero attached hydrogens (tertiary/aromatic N) is 1. The van der Waals surface area contributed by atoms with Crippen molar-refractivity contribution in [2.75, 3.05) is 4.90 Å². The highest BCUT2D eigenvalue weighted by molar-refractivity contribution is 6.08. The number of aryl methyl sites for hydroxylation is 1. The maximum absolute atomic E-state index is 14.4. The third kappa shape index (κ3) is 5.15. The van der Waals surface area contributed by atoms with E-state index < -0.39 is 16.4 Å². The first-order chi connectivity index (χ1) is 23.1. The molecule has 0 saturated carbocycles. The van der Waals surface area contributed by atoms with Crippen LogP contribution in [0.25, 0.3) is 0 Å². The summed E-state index contributed by atoms with van der Waals surface area (Å²) in [5, 5.41) is 0. The van der Waals surface area contributed by atoms with Crippen molar-refractivity contribution in [3.05, 3.63) is 208 Å². The van der Waals surface area contributed by atoms with E-state index in [2.05, 4.69) is 161 Å². The van der Waals surface area contributed by atoms with Gasteiger partial charge in [0.2, 0.25) is 0 Å². The molecule has 0 aliphatic carbocycles. The van der Waals surface area contributed by atoms with Gasteiger partial charge in [0.05, 0.1) is 5.41 Å². The van der Waals surface area contributed by atoms with Crippen LogP contribution in [0.1, 0.15) is 76.5 Å². The summed E-state index contributed by atoms with van der Waals surface area (Å²) in [4.78, 5) is 16.4. The molecule has 1 unspecified atom stereocenters. The van der Waals surface area contributed by atoms with E-state index in [9.17, 15) is 9.18 Å². The number of amides is 1. The van der Waals surface area contributed by atoms with Crippen LogP contribution in [0.4, 0.5) is 10.1 Å². The largest absolute Gasteiger partial charge is 0.302 e. The van der Waals surface area contributed by atoms with Crippen molar-refractivity contribution in [1.29, 1.82) is 0 Å². The molecule has 0 spiro atoms. The lowest BCUT2D eigenvalue weighted by atomic mass is 9.61. The first kappa shape index (κ1) is 31.3. The Labute approximate surface area is 283 Å². The summed E-state index contributed by atoms with van der Waals surface area (Å²) < 4.78 is 14.0. The first-order valence-electron chi connectivity index (χ1n) is 16.6. The van der Waals surface area contributed by atoms with Crippen LogP contribution in [0, 0.1) is 12.7 Å². The summed E-state index contributed by atoms with van der Waals surface area (Å²) in [5.74, 6) is -0.499. The molecular formula is C45H40FNO. The summed E-state index contributed by atoms with van der Waals surface area (Å²) in [6, 6.07) is 53.5. The number of carbonyl (C=O) groups is 1. The second-order valence-corrected chi connectivity index (χ2v) is 13.9. The molecule has 0 fully saturated rings. The highest BCUT2D eigenvalue weighted by Gasteiger charge is 2.49. The van der Waals surface area contributed by atoms with Crippen LogP contribution in [0.3, 0.4) is 0 Å². The average molecular weight is 630 g/mol. The van der Waals surface area contributed by atoms with Gasteiger partial charge in [0.1, 0.15) is 5.82 Å². The predicted molar refractivity (Wildman–Crippen MR) is 194 cm³/mol. The Morgan fingerprint density at radius 1 is 0.625 bits per heavy atom. The van der Waals surface area contributed by atoms with Crippen LogP contribution in [0.2, 0.25) is 0 Å². The Bertz CT molecular complexity index is 1960. The molecule has 1 aliphatic heterocycles. The third-order valence-corrected chi connectivity index (χ3v) is 10.3. The second kappa shape index (κ2) is 12.1. The van der Waals surface area contributed by atoms with E-state index in [1.165, 1.54) is 23.3 Å². The molecule has 0 radical (unpaired) electrons. The normalized spacial score (nSPS) is 17.1. The quantitative estimate of drug-likeness (QED) is 0.168. The topological polar surface area (TPSA) is 20.3 Å². The van der Waals surface area contributed by atoms with Crippen LogP contribution in [-0.4, -0.2) is 11.4 Å². The van der Waals surface area contributed by atoms with E-state index in [4.69, 9.17) is 0 Å². The smallest absolute Gasteiger partial charge is 0.258 e. The van der Waals surface area contributed by atoms with Crippen molar-refractivity contribution < 1.29 is 9.18 Å². The number of carbonyl (C=O) groups excluding carboxylic acids is 1. The molecule has 0 saturated heterocycles. The molecule has 0 bridgehead atoms. The zero-order valence-electron chi connectivity index (χ0n) is 28.0. The van der Waals surface area contributed by atoms with E-state index in [0.717, 1.165) is 33.5 Å². The van der Waals surface area contributed by atoms with Gasteiger partial charge in [-0.1, -0.05) is 140 Å². The molecule has 6 aromatic carbocycles. The Kier molecular flexibility index (Phi) is 7.87. The zero-order chi connectivity index (χ0) is 33.5. The molecule has 6 aromatic rings. The predicted octanol–water partition coefficient (Wildman–Crippen LogP) is 10.7. The molecule has 0 N–H and O–H groups in total. The van der Waals surface area contributed by atoms with Crippen molar-refractivity contribution in [3.8, 4) is 0 Å². The second-order valence-electron chi connectivity index (χ2n) is 13.9. The average Bonchev–Trinajstić information content (AvgIpc) is 3.10. The molecule has 1 heterocycles. The van der Waals surface area contributed by atoms with Gasteiger partial charge >= 0.3 is 0 Å². The standard InChI is InChI=1S/C45H40FNO/c1-32-20-24-34(25-21-32)44(4)31-43(2,3)47(42(48)33-22-27-39(46)28-23-33)41-29-26-38(30-40(41)44)45(35-14-8-5-9-15-35,36-16-10-6-11-17-36)37-18-12-7-13-19-37/h5-30H,31H2,1-4H3. The summed E-state index contributed by atoms with van der Waals surface area (Å²) >= 11 is 0. The van der Waals surface area contributed by atoms with E-state index in [1.807, 2.05) is 4.90 Å². The molecular weight excluding hydrogens is 589 g/mol. The number of hydrogen-bond donors (Lipinski definition) is 0. The summed E-state index contributed by atoms with van der Waals surface area (Å²) in [6.45, 7) is 8.71. The molecule has 238 valence electrons. The Morgan fingerprint density at radius 3 is 1.62 bits per heavy atom. The van der Waals surface area contributed by atoms with Crippen LogP contribution in [0.5, 0.6) is 0 Å². The zero-order valence-corrected chi connectivity index (χ0v) is 28.0. The van der Waals surface area contributed by atoms with Gasteiger partial charge in [-0.15, -0.1) is 0 Å². The minimum absolute atomic E-state index is 0.139. The number of fused-ring (bicyclic) bond motifs is 1.